The zero-order valence-corrected chi connectivity index (χ0v) is 8.16. The third-order valence-electron chi connectivity index (χ3n) is 1.88. The molecular weight excluding hydrogens is 206 g/mol. The minimum absolute atomic E-state index is 0.208. The van der Waals surface area contributed by atoms with Crippen molar-refractivity contribution in [3.8, 4) is 0 Å². The third-order valence-corrected chi connectivity index (χ3v) is 1.88. The van der Waals surface area contributed by atoms with Crippen LogP contribution < -0.4 is 11.3 Å². The molecule has 1 rings (SSSR count). The number of nitrogens with two attached hydrogens (primary N) is 1. The molecule has 0 fully saturated rings. The van der Waals surface area contributed by atoms with Gasteiger partial charge in [-0.25, -0.2) is 14.2 Å². The second-order valence-corrected chi connectivity index (χ2v) is 2.99. The van der Waals surface area contributed by atoms with Crippen LogP contribution in [0.2, 0.25) is 0 Å². The number of hydrazine groups is 1. The van der Waals surface area contributed by atoms with E-state index in [4.69, 9.17) is 15.0 Å². The summed E-state index contributed by atoms with van der Waals surface area (Å²) < 4.78 is 33.3. The Morgan fingerprint density at radius 2 is 2.33 bits per heavy atom. The SMILES string of the molecule is NNC(CCOCC(F)F)c1ccco1. The molecule has 4 nitrogen and oxygen atoms in total. The first kappa shape index (κ1) is 12.1. The van der Waals surface area contributed by atoms with Gasteiger partial charge < -0.3 is 9.15 Å². The molecule has 0 saturated heterocycles. The van der Waals surface area contributed by atoms with Gasteiger partial charge in [0, 0.05) is 6.61 Å². The molecule has 1 aromatic rings. The molecule has 6 heteroatoms. The van der Waals surface area contributed by atoms with Gasteiger partial charge in [0.1, 0.15) is 12.4 Å². The van der Waals surface area contributed by atoms with Crippen LogP contribution in [0.25, 0.3) is 0 Å². The molecule has 86 valence electrons. The van der Waals surface area contributed by atoms with Crippen LogP contribution in [0.15, 0.2) is 22.8 Å². The van der Waals surface area contributed by atoms with Crippen molar-refractivity contribution < 1.29 is 17.9 Å². The average Bonchev–Trinajstić information content (AvgIpc) is 2.70. The smallest absolute Gasteiger partial charge is 0.261 e. The van der Waals surface area contributed by atoms with Gasteiger partial charge in [-0.2, -0.15) is 0 Å². The Balaban J connectivity index is 2.23. The molecule has 0 bridgehead atoms. The van der Waals surface area contributed by atoms with Crippen molar-refractivity contribution in [2.24, 2.45) is 5.84 Å². The summed E-state index contributed by atoms with van der Waals surface area (Å²) in [5.74, 6) is 5.96. The number of rotatable bonds is 7. The van der Waals surface area contributed by atoms with Crippen LogP contribution >= 0.6 is 0 Å². The quantitative estimate of drug-likeness (QED) is 0.415. The van der Waals surface area contributed by atoms with Crippen molar-refractivity contribution in [3.05, 3.63) is 24.2 Å². The molecule has 15 heavy (non-hydrogen) atoms. The first-order chi connectivity index (χ1) is 7.24. The van der Waals surface area contributed by atoms with Crippen LogP contribution in [-0.4, -0.2) is 19.6 Å². The minimum Gasteiger partial charge on any atom is -0.468 e. The fourth-order valence-corrected chi connectivity index (χ4v) is 1.17. The number of ether oxygens (including phenoxy) is 1. The summed E-state index contributed by atoms with van der Waals surface area (Å²) in [6.45, 7) is -0.338. The van der Waals surface area contributed by atoms with E-state index >= 15 is 0 Å². The van der Waals surface area contributed by atoms with E-state index in [0.717, 1.165) is 0 Å². The van der Waals surface area contributed by atoms with Gasteiger partial charge in [0.15, 0.2) is 0 Å². The fraction of sp³-hybridized carbons (Fsp3) is 0.556. The van der Waals surface area contributed by atoms with Gasteiger partial charge in [-0.1, -0.05) is 0 Å². The normalized spacial score (nSPS) is 13.3. The number of furan rings is 1. The molecular formula is C9H14F2N2O2. The summed E-state index contributed by atoms with van der Waals surface area (Å²) in [4.78, 5) is 0. The first-order valence-corrected chi connectivity index (χ1v) is 4.59. The van der Waals surface area contributed by atoms with E-state index in [0.29, 0.717) is 12.2 Å². The lowest BCUT2D eigenvalue weighted by Crippen LogP contribution is -2.28. The maximum absolute atomic E-state index is 11.7. The molecule has 3 N–H and O–H groups in total. The van der Waals surface area contributed by atoms with Crippen molar-refractivity contribution in [3.63, 3.8) is 0 Å². The number of hydrogen-bond donors (Lipinski definition) is 2. The van der Waals surface area contributed by atoms with Crippen LogP contribution in [0, 0.1) is 0 Å². The topological polar surface area (TPSA) is 60.4 Å². The molecule has 0 radical (unpaired) electrons. The zero-order chi connectivity index (χ0) is 11.1. The second kappa shape index (κ2) is 6.49. The van der Waals surface area contributed by atoms with Crippen molar-refractivity contribution in [2.75, 3.05) is 13.2 Å². The molecule has 0 amide bonds. The standard InChI is InChI=1S/C9H14F2N2O2/c10-9(11)6-14-5-3-7(13-12)8-2-1-4-15-8/h1-2,4,7,9,13H,3,5-6,12H2. The second-order valence-electron chi connectivity index (χ2n) is 2.99. The van der Waals surface area contributed by atoms with E-state index in [1.165, 1.54) is 6.26 Å². The maximum Gasteiger partial charge on any atom is 0.261 e. The van der Waals surface area contributed by atoms with Crippen molar-refractivity contribution >= 4 is 0 Å². The molecule has 0 saturated carbocycles. The van der Waals surface area contributed by atoms with Gasteiger partial charge in [-0.05, 0) is 18.6 Å². The Morgan fingerprint density at radius 3 is 2.87 bits per heavy atom. The zero-order valence-electron chi connectivity index (χ0n) is 8.16. The van der Waals surface area contributed by atoms with Gasteiger partial charge in [0.05, 0.1) is 12.3 Å². The summed E-state index contributed by atoms with van der Waals surface area (Å²) in [6.07, 6.45) is -0.422. The predicted molar refractivity (Wildman–Crippen MR) is 50.2 cm³/mol. The van der Waals surface area contributed by atoms with Gasteiger partial charge >= 0.3 is 0 Å². The van der Waals surface area contributed by atoms with Crippen LogP contribution in [0.1, 0.15) is 18.2 Å². The van der Waals surface area contributed by atoms with Crippen LogP contribution in [0.5, 0.6) is 0 Å². The number of halogens is 2. The molecule has 1 atom stereocenters. The first-order valence-electron chi connectivity index (χ1n) is 4.59. The Bertz CT molecular complexity index is 255. The molecule has 0 aromatic carbocycles. The molecule has 1 unspecified atom stereocenters. The van der Waals surface area contributed by atoms with E-state index in [1.54, 1.807) is 12.1 Å². The Labute approximate surface area is 86.4 Å². The molecule has 0 aliphatic carbocycles. The highest BCUT2D eigenvalue weighted by molar-refractivity contribution is 5.03. The summed E-state index contributed by atoms with van der Waals surface area (Å²) >= 11 is 0. The average molecular weight is 220 g/mol. The highest BCUT2D eigenvalue weighted by atomic mass is 19.3. The lowest BCUT2D eigenvalue weighted by Gasteiger charge is -2.12. The predicted octanol–water partition coefficient (Wildman–Crippen LogP) is 1.46. The summed E-state index contributed by atoms with van der Waals surface area (Å²) in [7, 11) is 0. The Hall–Kier alpha value is -0.980. The van der Waals surface area contributed by atoms with Crippen LogP contribution in [-0.2, 0) is 4.74 Å². The van der Waals surface area contributed by atoms with Crippen LogP contribution in [0.4, 0.5) is 8.78 Å². The van der Waals surface area contributed by atoms with Gasteiger partial charge in [-0.15, -0.1) is 0 Å². The largest absolute Gasteiger partial charge is 0.468 e. The Kier molecular flexibility index (Phi) is 5.23. The van der Waals surface area contributed by atoms with Crippen molar-refractivity contribution in [1.82, 2.24) is 5.43 Å². The molecule has 1 aromatic heterocycles. The van der Waals surface area contributed by atoms with Crippen LogP contribution in [0.3, 0.4) is 0 Å². The summed E-state index contributed by atoms with van der Waals surface area (Å²) in [5, 5.41) is 0. The van der Waals surface area contributed by atoms with Crippen molar-refractivity contribution in [2.45, 2.75) is 18.9 Å². The molecule has 0 spiro atoms. The number of nitrogens with one attached hydrogen (secondary N) is 1. The lowest BCUT2D eigenvalue weighted by atomic mass is 10.2. The fourth-order valence-electron chi connectivity index (χ4n) is 1.17. The third kappa shape index (κ3) is 4.37. The van der Waals surface area contributed by atoms with E-state index < -0.39 is 13.0 Å². The lowest BCUT2D eigenvalue weighted by molar-refractivity contribution is 0.0138. The number of hydrogen-bond acceptors (Lipinski definition) is 4. The minimum atomic E-state index is -2.43. The van der Waals surface area contributed by atoms with Gasteiger partial charge in [0.25, 0.3) is 6.43 Å². The highest BCUT2D eigenvalue weighted by Gasteiger charge is 2.12. The van der Waals surface area contributed by atoms with E-state index in [1.807, 2.05) is 0 Å². The highest BCUT2D eigenvalue weighted by Crippen LogP contribution is 2.16. The van der Waals surface area contributed by atoms with Gasteiger partial charge in [0.2, 0.25) is 0 Å². The Morgan fingerprint density at radius 1 is 1.53 bits per heavy atom. The van der Waals surface area contributed by atoms with E-state index in [2.05, 4.69) is 5.43 Å². The number of alkyl halides is 2. The summed E-state index contributed by atoms with van der Waals surface area (Å²) in [6, 6.07) is 3.29. The molecule has 1 heterocycles. The van der Waals surface area contributed by atoms with E-state index in [-0.39, 0.29) is 12.6 Å². The van der Waals surface area contributed by atoms with E-state index in [9.17, 15) is 8.78 Å². The molecule has 0 aliphatic rings. The monoisotopic (exact) mass is 220 g/mol. The van der Waals surface area contributed by atoms with Crippen molar-refractivity contribution in [1.29, 1.82) is 0 Å². The molecule has 0 aliphatic heterocycles. The maximum atomic E-state index is 11.7. The summed E-state index contributed by atoms with van der Waals surface area (Å²) in [5.41, 5.74) is 2.53. The van der Waals surface area contributed by atoms with Gasteiger partial charge in [-0.3, -0.25) is 5.84 Å².